The molecule has 9 nitrogen and oxygen atoms in total. The van der Waals surface area contributed by atoms with Gasteiger partial charge in [0.25, 0.3) is 0 Å². The first-order valence-electron chi connectivity index (χ1n) is 8.56. The number of fused-ring (bicyclic) bond motifs is 1. The van der Waals surface area contributed by atoms with Gasteiger partial charge < -0.3 is 10.3 Å². The van der Waals surface area contributed by atoms with Crippen LogP contribution in [0.4, 0.5) is 9.52 Å². The molecule has 12 heteroatoms. The monoisotopic (exact) mass is 432 g/mol. The van der Waals surface area contributed by atoms with E-state index in [1.807, 2.05) is 18.5 Å². The van der Waals surface area contributed by atoms with E-state index in [4.69, 9.17) is 5.73 Å². The summed E-state index contributed by atoms with van der Waals surface area (Å²) in [6, 6.07) is 1.78. The maximum atomic E-state index is 13.9. The van der Waals surface area contributed by atoms with Gasteiger partial charge in [0.15, 0.2) is 10.8 Å². The van der Waals surface area contributed by atoms with Crippen LogP contribution in [0.1, 0.15) is 27.7 Å². The van der Waals surface area contributed by atoms with Crippen LogP contribution in [0.3, 0.4) is 0 Å². The van der Waals surface area contributed by atoms with Crippen LogP contribution < -0.4 is 5.73 Å². The molecular formula is C17H17FN8OS2. The van der Waals surface area contributed by atoms with Crippen molar-refractivity contribution in [2.45, 2.75) is 19.9 Å². The normalized spacial score (nSPS) is 11.7. The van der Waals surface area contributed by atoms with Crippen molar-refractivity contribution in [1.82, 2.24) is 29.7 Å². The van der Waals surface area contributed by atoms with E-state index in [9.17, 15) is 9.18 Å². The molecule has 0 aliphatic rings. The predicted octanol–water partition coefficient (Wildman–Crippen LogP) is 2.43. The summed E-state index contributed by atoms with van der Waals surface area (Å²) in [7, 11) is 1.90. The molecule has 0 unspecified atom stereocenters. The van der Waals surface area contributed by atoms with Crippen molar-refractivity contribution in [3.63, 3.8) is 0 Å². The van der Waals surface area contributed by atoms with Crippen LogP contribution in [0.5, 0.6) is 0 Å². The number of H-pyrrole nitrogens is 1. The molecular weight excluding hydrogens is 415 g/mol. The Balaban J connectivity index is 1.63. The standard InChI is InChI=1S/C17H17FN8OS2/c1-9-11(6-21-26(8-27)7-10-3-4-20-24-10)14-16(25(9)2)23-13(28-14)5-12-15(18)29-17(19)22-12/h3-4,6,8H,5,7H2,1-2H3,(H2,19,22)(H,20,24)/b21-6-. The number of carbonyl (C=O) groups is 1. The van der Waals surface area contributed by atoms with Crippen LogP contribution in [0, 0.1) is 12.1 Å². The van der Waals surface area contributed by atoms with Gasteiger partial charge in [0.05, 0.1) is 28.8 Å². The fraction of sp³-hybridized carbons (Fsp3) is 0.235. The second-order valence-electron chi connectivity index (χ2n) is 6.28. The van der Waals surface area contributed by atoms with Crippen molar-refractivity contribution in [1.29, 1.82) is 0 Å². The van der Waals surface area contributed by atoms with E-state index in [1.165, 1.54) is 16.3 Å². The predicted molar refractivity (Wildman–Crippen MR) is 110 cm³/mol. The smallest absolute Gasteiger partial charge is 0.230 e. The number of nitrogens with one attached hydrogen (secondary N) is 1. The average Bonchev–Trinajstić information content (AvgIpc) is 3.44. The molecule has 0 aliphatic carbocycles. The Morgan fingerprint density at radius 3 is 2.90 bits per heavy atom. The summed E-state index contributed by atoms with van der Waals surface area (Å²) in [5.41, 5.74) is 9.17. The van der Waals surface area contributed by atoms with Crippen LogP contribution in [-0.4, -0.2) is 42.4 Å². The molecule has 4 aromatic heterocycles. The molecule has 4 rings (SSSR count). The summed E-state index contributed by atoms with van der Waals surface area (Å²) >= 11 is 2.27. The highest BCUT2D eigenvalue weighted by atomic mass is 32.1. The molecule has 0 aromatic carbocycles. The number of aromatic amines is 1. The molecule has 0 aliphatic heterocycles. The maximum absolute atomic E-state index is 13.9. The number of carbonyl (C=O) groups excluding carboxylic acids is 1. The third-order valence-electron chi connectivity index (χ3n) is 4.43. The summed E-state index contributed by atoms with van der Waals surface area (Å²) in [6.45, 7) is 2.21. The number of anilines is 1. The van der Waals surface area contributed by atoms with Gasteiger partial charge in [-0.05, 0) is 13.0 Å². The molecule has 0 spiro atoms. The fourth-order valence-corrected chi connectivity index (χ4v) is 4.61. The molecule has 0 bridgehead atoms. The molecule has 0 atom stereocenters. The minimum absolute atomic E-state index is 0.202. The topological polar surface area (TPSA) is 118 Å². The van der Waals surface area contributed by atoms with Crippen molar-refractivity contribution in [2.75, 3.05) is 5.73 Å². The number of aromatic nitrogens is 5. The number of nitrogens with zero attached hydrogens (tertiary/aromatic N) is 6. The van der Waals surface area contributed by atoms with Gasteiger partial charge in [-0.3, -0.25) is 9.89 Å². The first-order chi connectivity index (χ1) is 14.0. The third kappa shape index (κ3) is 3.76. The number of hydrogen-bond donors (Lipinski definition) is 2. The van der Waals surface area contributed by atoms with Crippen LogP contribution >= 0.6 is 22.7 Å². The number of halogens is 1. The number of amides is 1. The summed E-state index contributed by atoms with van der Waals surface area (Å²) in [5.74, 6) is 0. The Hall–Kier alpha value is -3.12. The molecule has 29 heavy (non-hydrogen) atoms. The number of nitrogens with two attached hydrogens (primary N) is 1. The first-order valence-corrected chi connectivity index (χ1v) is 10.2. The molecule has 1 amide bonds. The molecule has 0 fully saturated rings. The number of hydrogen-bond acceptors (Lipinski definition) is 8. The Morgan fingerprint density at radius 1 is 1.41 bits per heavy atom. The number of rotatable bonds is 7. The highest BCUT2D eigenvalue weighted by Crippen LogP contribution is 2.31. The third-order valence-corrected chi connectivity index (χ3v) is 6.23. The van der Waals surface area contributed by atoms with E-state index in [0.717, 1.165) is 37.9 Å². The Kier molecular flexibility index (Phi) is 5.11. The highest BCUT2D eigenvalue weighted by molar-refractivity contribution is 7.19. The van der Waals surface area contributed by atoms with Crippen molar-refractivity contribution in [3.8, 4) is 0 Å². The summed E-state index contributed by atoms with van der Waals surface area (Å²) in [5, 5.41) is 12.8. The van der Waals surface area contributed by atoms with Crippen molar-refractivity contribution in [2.24, 2.45) is 12.1 Å². The second kappa shape index (κ2) is 7.72. The SMILES string of the molecule is Cc1c(/C=N\N(C=O)Cc2cc[nH]n2)c2sc(Cc3nc(N)sc3F)nc2n1C. The summed E-state index contributed by atoms with van der Waals surface area (Å²) < 4.78 is 16.7. The van der Waals surface area contributed by atoms with Gasteiger partial charge in [0.2, 0.25) is 11.5 Å². The molecule has 0 saturated carbocycles. The zero-order valence-corrected chi connectivity index (χ0v) is 17.2. The maximum Gasteiger partial charge on any atom is 0.230 e. The van der Waals surface area contributed by atoms with E-state index in [-0.39, 0.29) is 23.2 Å². The lowest BCUT2D eigenvalue weighted by Crippen LogP contribution is -2.15. The average molecular weight is 433 g/mol. The molecule has 4 aromatic rings. The number of nitrogen functional groups attached to an aromatic ring is 1. The van der Waals surface area contributed by atoms with E-state index in [2.05, 4.69) is 25.3 Å². The molecule has 3 N–H and O–H groups in total. The number of aryl methyl sites for hydroxylation is 1. The van der Waals surface area contributed by atoms with Crippen molar-refractivity contribution >= 4 is 50.8 Å². The lowest BCUT2D eigenvalue weighted by atomic mass is 10.3. The minimum Gasteiger partial charge on any atom is -0.375 e. The minimum atomic E-state index is -0.389. The summed E-state index contributed by atoms with van der Waals surface area (Å²) in [6.07, 6.45) is 4.24. The van der Waals surface area contributed by atoms with Gasteiger partial charge in [0.1, 0.15) is 5.01 Å². The van der Waals surface area contributed by atoms with E-state index in [1.54, 1.807) is 18.5 Å². The van der Waals surface area contributed by atoms with Gasteiger partial charge in [-0.2, -0.15) is 14.6 Å². The van der Waals surface area contributed by atoms with E-state index >= 15 is 0 Å². The lowest BCUT2D eigenvalue weighted by Gasteiger charge is -2.08. The Bertz CT molecular complexity index is 1190. The van der Waals surface area contributed by atoms with Crippen LogP contribution in [0.25, 0.3) is 10.3 Å². The van der Waals surface area contributed by atoms with Gasteiger partial charge in [-0.15, -0.1) is 11.3 Å². The number of hydrazone groups is 1. The molecule has 150 valence electrons. The van der Waals surface area contributed by atoms with Crippen molar-refractivity contribution in [3.05, 3.63) is 45.0 Å². The largest absolute Gasteiger partial charge is 0.375 e. The van der Waals surface area contributed by atoms with Gasteiger partial charge in [-0.25, -0.2) is 15.0 Å². The zero-order chi connectivity index (χ0) is 20.5. The Morgan fingerprint density at radius 2 is 2.24 bits per heavy atom. The molecule has 4 heterocycles. The van der Waals surface area contributed by atoms with E-state index in [0.29, 0.717) is 17.8 Å². The first kappa shape index (κ1) is 19.2. The van der Waals surface area contributed by atoms with E-state index < -0.39 is 0 Å². The van der Waals surface area contributed by atoms with Gasteiger partial charge >= 0.3 is 0 Å². The van der Waals surface area contributed by atoms with Crippen molar-refractivity contribution < 1.29 is 9.18 Å². The second-order valence-corrected chi connectivity index (χ2v) is 8.35. The quantitative estimate of drug-likeness (QED) is 0.264. The van der Waals surface area contributed by atoms with Gasteiger partial charge in [0, 0.05) is 30.9 Å². The zero-order valence-electron chi connectivity index (χ0n) is 15.6. The number of thiazole rings is 2. The molecule has 0 radical (unpaired) electrons. The fourth-order valence-electron chi connectivity index (χ4n) is 2.87. The highest BCUT2D eigenvalue weighted by Gasteiger charge is 2.18. The Labute approximate surface area is 172 Å². The molecule has 0 saturated heterocycles. The van der Waals surface area contributed by atoms with Gasteiger partial charge in [-0.1, -0.05) is 11.3 Å². The summed E-state index contributed by atoms with van der Waals surface area (Å²) in [4.78, 5) is 20.0. The lowest BCUT2D eigenvalue weighted by molar-refractivity contribution is -0.118. The van der Waals surface area contributed by atoms with Crippen LogP contribution in [0.15, 0.2) is 17.4 Å². The van der Waals surface area contributed by atoms with Crippen LogP contribution in [0.2, 0.25) is 0 Å². The van der Waals surface area contributed by atoms with Crippen LogP contribution in [-0.2, 0) is 24.8 Å².